The highest BCUT2D eigenvalue weighted by Gasteiger charge is 2.43. The Kier molecular flexibility index (Phi) is 4.78. The van der Waals surface area contributed by atoms with Crippen LogP contribution < -0.4 is 5.32 Å². The Balaban J connectivity index is 2.14. The smallest absolute Gasteiger partial charge is 0.246 e. The van der Waals surface area contributed by atoms with Crippen molar-refractivity contribution < 1.29 is 14.4 Å². The van der Waals surface area contributed by atoms with Crippen LogP contribution in [0.3, 0.4) is 0 Å². The monoisotopic (exact) mass is 309 g/mol. The predicted octanol–water partition coefficient (Wildman–Crippen LogP) is 0.760. The van der Waals surface area contributed by atoms with Crippen LogP contribution in [0.25, 0.3) is 0 Å². The van der Waals surface area contributed by atoms with Gasteiger partial charge in [0.05, 0.1) is 0 Å². The molecule has 6 heteroatoms. The van der Waals surface area contributed by atoms with Gasteiger partial charge in [-0.1, -0.05) is 20.8 Å². The third kappa shape index (κ3) is 3.10. The molecule has 2 atom stereocenters. The summed E-state index contributed by atoms with van der Waals surface area (Å²) in [6.45, 7) is 6.85. The van der Waals surface area contributed by atoms with Gasteiger partial charge in [-0.15, -0.1) is 0 Å². The number of likely N-dealkylation sites (N-methyl/N-ethyl adjacent to an activating group) is 1. The van der Waals surface area contributed by atoms with Gasteiger partial charge in [0.2, 0.25) is 17.7 Å². The summed E-state index contributed by atoms with van der Waals surface area (Å²) in [7, 11) is 1.59. The molecule has 2 fully saturated rings. The normalized spacial score (nSPS) is 25.5. The SMILES string of the molecule is CNC(=O)[C@@H]1CCCN1C(=O)[C@@H]1CCCN1C(=O)C(C)(C)C. The fourth-order valence-corrected chi connectivity index (χ4v) is 3.36. The zero-order valence-electron chi connectivity index (χ0n) is 14.0. The van der Waals surface area contributed by atoms with Crippen LogP contribution in [0.1, 0.15) is 46.5 Å². The van der Waals surface area contributed by atoms with Gasteiger partial charge in [-0.3, -0.25) is 14.4 Å². The summed E-state index contributed by atoms with van der Waals surface area (Å²) in [5, 5.41) is 2.63. The van der Waals surface area contributed by atoms with Gasteiger partial charge >= 0.3 is 0 Å². The van der Waals surface area contributed by atoms with Gasteiger partial charge in [-0.05, 0) is 25.7 Å². The van der Waals surface area contributed by atoms with E-state index < -0.39 is 11.5 Å². The number of hydrogen-bond acceptors (Lipinski definition) is 3. The van der Waals surface area contributed by atoms with E-state index in [1.165, 1.54) is 0 Å². The fourth-order valence-electron chi connectivity index (χ4n) is 3.36. The highest BCUT2D eigenvalue weighted by Crippen LogP contribution is 2.28. The molecule has 22 heavy (non-hydrogen) atoms. The molecule has 0 aromatic carbocycles. The first kappa shape index (κ1) is 16.8. The van der Waals surface area contributed by atoms with Crippen LogP contribution in [0.2, 0.25) is 0 Å². The van der Waals surface area contributed by atoms with E-state index in [1.54, 1.807) is 16.8 Å². The molecule has 0 spiro atoms. The van der Waals surface area contributed by atoms with Crippen molar-refractivity contribution >= 4 is 17.7 Å². The van der Waals surface area contributed by atoms with Crippen LogP contribution in [0.4, 0.5) is 0 Å². The fraction of sp³-hybridized carbons (Fsp3) is 0.812. The van der Waals surface area contributed by atoms with Crippen LogP contribution in [0.5, 0.6) is 0 Å². The molecule has 0 bridgehead atoms. The zero-order chi connectivity index (χ0) is 16.5. The Morgan fingerprint density at radius 3 is 2.05 bits per heavy atom. The van der Waals surface area contributed by atoms with E-state index in [0.717, 1.165) is 12.8 Å². The van der Waals surface area contributed by atoms with E-state index >= 15 is 0 Å². The molecule has 2 aliphatic rings. The quantitative estimate of drug-likeness (QED) is 0.819. The molecular weight excluding hydrogens is 282 g/mol. The summed E-state index contributed by atoms with van der Waals surface area (Å²) < 4.78 is 0. The van der Waals surface area contributed by atoms with Gasteiger partial charge in [0, 0.05) is 25.6 Å². The molecule has 1 N–H and O–H groups in total. The Hall–Kier alpha value is -1.59. The van der Waals surface area contributed by atoms with E-state index in [0.29, 0.717) is 25.9 Å². The lowest BCUT2D eigenvalue weighted by atomic mass is 9.94. The summed E-state index contributed by atoms with van der Waals surface area (Å²) in [6.07, 6.45) is 3.07. The van der Waals surface area contributed by atoms with Gasteiger partial charge in [0.1, 0.15) is 12.1 Å². The molecule has 2 aliphatic heterocycles. The van der Waals surface area contributed by atoms with Gasteiger partial charge in [0.15, 0.2) is 0 Å². The molecule has 0 unspecified atom stereocenters. The van der Waals surface area contributed by atoms with Gasteiger partial charge in [0.25, 0.3) is 0 Å². The van der Waals surface area contributed by atoms with E-state index in [9.17, 15) is 14.4 Å². The van der Waals surface area contributed by atoms with Crippen LogP contribution in [0, 0.1) is 5.41 Å². The van der Waals surface area contributed by atoms with Crippen molar-refractivity contribution in [3.63, 3.8) is 0 Å². The number of rotatable bonds is 2. The second-order valence-electron chi connectivity index (χ2n) is 7.21. The van der Waals surface area contributed by atoms with Crippen molar-refractivity contribution in [2.75, 3.05) is 20.1 Å². The molecule has 0 radical (unpaired) electrons. The summed E-state index contributed by atoms with van der Waals surface area (Å²) >= 11 is 0. The number of hydrogen-bond donors (Lipinski definition) is 1. The maximum atomic E-state index is 12.9. The van der Waals surface area contributed by atoms with Gasteiger partial charge < -0.3 is 15.1 Å². The second-order valence-corrected chi connectivity index (χ2v) is 7.21. The minimum atomic E-state index is -0.492. The van der Waals surface area contributed by atoms with Crippen molar-refractivity contribution in [3.8, 4) is 0 Å². The summed E-state index contributed by atoms with van der Waals surface area (Å²) in [4.78, 5) is 40.7. The average molecular weight is 309 g/mol. The predicted molar refractivity (Wildman–Crippen MR) is 83.0 cm³/mol. The summed E-state index contributed by atoms with van der Waals surface area (Å²) in [5.74, 6) is -0.169. The van der Waals surface area contributed by atoms with Crippen molar-refractivity contribution in [1.29, 1.82) is 0 Å². The molecule has 0 aliphatic carbocycles. The molecule has 0 aromatic heterocycles. The van der Waals surface area contributed by atoms with Crippen LogP contribution in [-0.2, 0) is 14.4 Å². The first-order chi connectivity index (χ1) is 10.3. The molecule has 0 aromatic rings. The van der Waals surface area contributed by atoms with Crippen molar-refractivity contribution in [2.45, 2.75) is 58.5 Å². The van der Waals surface area contributed by atoms with Crippen LogP contribution in [0.15, 0.2) is 0 Å². The van der Waals surface area contributed by atoms with E-state index in [4.69, 9.17) is 0 Å². The number of carbonyl (C=O) groups is 3. The van der Waals surface area contributed by atoms with E-state index in [2.05, 4.69) is 5.32 Å². The van der Waals surface area contributed by atoms with Gasteiger partial charge in [-0.2, -0.15) is 0 Å². The van der Waals surface area contributed by atoms with Crippen molar-refractivity contribution in [3.05, 3.63) is 0 Å². The highest BCUT2D eigenvalue weighted by molar-refractivity contribution is 5.93. The number of carbonyl (C=O) groups excluding carboxylic acids is 3. The molecule has 2 rings (SSSR count). The lowest BCUT2D eigenvalue weighted by Gasteiger charge is -2.33. The molecule has 6 nitrogen and oxygen atoms in total. The summed E-state index contributed by atoms with van der Waals surface area (Å²) in [6, 6.07) is -0.790. The average Bonchev–Trinajstić information content (AvgIpc) is 3.12. The molecule has 2 saturated heterocycles. The number of likely N-dealkylation sites (tertiary alicyclic amines) is 2. The first-order valence-electron chi connectivity index (χ1n) is 8.10. The first-order valence-corrected chi connectivity index (χ1v) is 8.10. The minimum absolute atomic E-state index is 0.0130. The third-order valence-corrected chi connectivity index (χ3v) is 4.53. The largest absolute Gasteiger partial charge is 0.357 e. The zero-order valence-corrected chi connectivity index (χ0v) is 14.0. The Morgan fingerprint density at radius 2 is 1.50 bits per heavy atom. The Morgan fingerprint density at radius 1 is 0.955 bits per heavy atom. The van der Waals surface area contributed by atoms with E-state index in [1.807, 2.05) is 20.8 Å². The maximum Gasteiger partial charge on any atom is 0.246 e. The minimum Gasteiger partial charge on any atom is -0.357 e. The Labute approximate surface area is 132 Å². The van der Waals surface area contributed by atoms with Gasteiger partial charge in [-0.25, -0.2) is 0 Å². The standard InChI is InChI=1S/C16H27N3O3/c1-16(2,3)15(22)19-10-6-8-12(19)14(21)18-9-5-7-11(18)13(20)17-4/h11-12H,5-10H2,1-4H3,(H,17,20)/t11-,12-/m0/s1. The number of nitrogens with zero attached hydrogens (tertiary/aromatic N) is 2. The maximum absolute atomic E-state index is 12.9. The van der Waals surface area contributed by atoms with E-state index in [-0.39, 0.29) is 23.8 Å². The van der Waals surface area contributed by atoms with Crippen molar-refractivity contribution in [2.24, 2.45) is 5.41 Å². The van der Waals surface area contributed by atoms with Crippen molar-refractivity contribution in [1.82, 2.24) is 15.1 Å². The topological polar surface area (TPSA) is 69.7 Å². The lowest BCUT2D eigenvalue weighted by Crippen LogP contribution is -2.54. The number of amides is 3. The lowest BCUT2D eigenvalue weighted by molar-refractivity contribution is -0.150. The Bertz CT molecular complexity index is 470. The second kappa shape index (κ2) is 6.26. The van der Waals surface area contributed by atoms with Crippen LogP contribution in [-0.4, -0.2) is 59.7 Å². The molecule has 3 amide bonds. The molecule has 0 saturated carbocycles. The van der Waals surface area contributed by atoms with Crippen LogP contribution >= 0.6 is 0 Å². The third-order valence-electron chi connectivity index (χ3n) is 4.53. The molecular formula is C16H27N3O3. The summed E-state index contributed by atoms with van der Waals surface area (Å²) in [5.41, 5.74) is -0.492. The molecule has 124 valence electrons. The number of nitrogens with one attached hydrogen (secondary N) is 1. The molecule has 2 heterocycles. The highest BCUT2D eigenvalue weighted by atomic mass is 16.2.